The highest BCUT2D eigenvalue weighted by atomic mass is 16.5. The van der Waals surface area contributed by atoms with E-state index in [1.54, 1.807) is 13.0 Å². The van der Waals surface area contributed by atoms with Crippen molar-refractivity contribution in [3.8, 4) is 0 Å². The van der Waals surface area contributed by atoms with E-state index in [2.05, 4.69) is 4.98 Å². The quantitative estimate of drug-likeness (QED) is 0.526. The van der Waals surface area contributed by atoms with Gasteiger partial charge in [-0.05, 0) is 49.4 Å². The van der Waals surface area contributed by atoms with Crippen LogP contribution in [0.15, 0.2) is 33.5 Å². The topological polar surface area (TPSA) is 95.4 Å². The van der Waals surface area contributed by atoms with E-state index in [0.717, 1.165) is 24.3 Å². The molecule has 0 radical (unpaired) electrons. The van der Waals surface area contributed by atoms with Crippen LogP contribution >= 0.6 is 0 Å². The minimum Gasteiger partial charge on any atom is -0.462 e. The molecule has 28 heavy (non-hydrogen) atoms. The van der Waals surface area contributed by atoms with Crippen molar-refractivity contribution < 1.29 is 13.9 Å². The number of ether oxygens (including phenoxy) is 1. The maximum Gasteiger partial charge on any atom is 0.341 e. The number of hydrogen-bond acceptors (Lipinski definition) is 6. The Labute approximate surface area is 162 Å². The number of nitrogens with zero attached hydrogens (tertiary/aromatic N) is 1. The molecule has 0 spiro atoms. The van der Waals surface area contributed by atoms with Gasteiger partial charge in [-0.1, -0.05) is 31.7 Å². The lowest BCUT2D eigenvalue weighted by Gasteiger charge is -2.10. The Bertz CT molecular complexity index is 1100. The van der Waals surface area contributed by atoms with Crippen molar-refractivity contribution >= 4 is 33.9 Å². The summed E-state index contributed by atoms with van der Waals surface area (Å²) in [4.78, 5) is 29.1. The predicted molar refractivity (Wildman–Crippen MR) is 108 cm³/mol. The van der Waals surface area contributed by atoms with E-state index in [-0.39, 0.29) is 34.5 Å². The molecule has 146 valence electrons. The zero-order valence-electron chi connectivity index (χ0n) is 16.0. The summed E-state index contributed by atoms with van der Waals surface area (Å²) in [6.45, 7) is 1.92. The molecule has 2 heterocycles. The van der Waals surface area contributed by atoms with Gasteiger partial charge in [0.1, 0.15) is 17.0 Å². The summed E-state index contributed by atoms with van der Waals surface area (Å²) in [5, 5.41) is 0.696. The first-order chi connectivity index (χ1) is 13.6. The van der Waals surface area contributed by atoms with Crippen molar-refractivity contribution in [2.24, 2.45) is 5.92 Å². The van der Waals surface area contributed by atoms with Crippen LogP contribution in [0.4, 0.5) is 5.82 Å². The lowest BCUT2D eigenvalue weighted by atomic mass is 9.97. The molecule has 4 rings (SSSR count). The molecule has 3 aromatic rings. The van der Waals surface area contributed by atoms with Crippen LogP contribution in [-0.2, 0) is 11.2 Å². The summed E-state index contributed by atoms with van der Waals surface area (Å²) in [7, 11) is 0. The molecule has 0 aliphatic heterocycles. The smallest absolute Gasteiger partial charge is 0.341 e. The minimum absolute atomic E-state index is 0.00848. The van der Waals surface area contributed by atoms with Gasteiger partial charge in [-0.3, -0.25) is 4.79 Å². The van der Waals surface area contributed by atoms with Crippen LogP contribution in [-0.4, -0.2) is 17.6 Å². The Morgan fingerprint density at radius 3 is 2.79 bits per heavy atom. The molecule has 1 aliphatic carbocycles. The summed E-state index contributed by atoms with van der Waals surface area (Å²) in [5.74, 6) is 0.198. The summed E-state index contributed by atoms with van der Waals surface area (Å²) in [6, 6.07) is 7.11. The summed E-state index contributed by atoms with van der Waals surface area (Å²) >= 11 is 0. The zero-order valence-corrected chi connectivity index (χ0v) is 16.0. The number of carbonyl (C=O) groups excluding carboxylic acids is 1. The minimum atomic E-state index is -0.601. The third kappa shape index (κ3) is 3.46. The molecule has 1 saturated carbocycles. The molecular formula is C22H24N2O4. The first kappa shape index (κ1) is 18.5. The Morgan fingerprint density at radius 1 is 1.25 bits per heavy atom. The Hall–Kier alpha value is -2.89. The highest BCUT2D eigenvalue weighted by molar-refractivity contribution is 5.99. The first-order valence-electron chi connectivity index (χ1n) is 9.90. The molecule has 2 N–H and O–H groups in total. The second kappa shape index (κ2) is 7.62. The fourth-order valence-corrected chi connectivity index (χ4v) is 4.04. The monoisotopic (exact) mass is 380 g/mol. The molecule has 1 fully saturated rings. The maximum absolute atomic E-state index is 12.9. The molecule has 6 nitrogen and oxygen atoms in total. The number of nitrogens with two attached hydrogens (primary N) is 1. The summed E-state index contributed by atoms with van der Waals surface area (Å²) < 4.78 is 10.8. The Morgan fingerprint density at radius 2 is 2.04 bits per heavy atom. The molecule has 0 bridgehead atoms. The number of rotatable bonds is 5. The zero-order chi connectivity index (χ0) is 19.7. The van der Waals surface area contributed by atoms with Gasteiger partial charge in [-0.2, -0.15) is 4.98 Å². The number of carbonyl (C=O) groups is 1. The third-order valence-electron chi connectivity index (χ3n) is 5.57. The second-order valence-electron chi connectivity index (χ2n) is 7.45. The van der Waals surface area contributed by atoms with Gasteiger partial charge < -0.3 is 14.9 Å². The van der Waals surface area contributed by atoms with Crippen molar-refractivity contribution in [2.45, 2.75) is 45.4 Å². The number of aryl methyl sites for hydroxylation is 1. The van der Waals surface area contributed by atoms with E-state index in [0.29, 0.717) is 11.0 Å². The maximum atomic E-state index is 12.9. The van der Waals surface area contributed by atoms with E-state index in [4.69, 9.17) is 14.9 Å². The number of pyridine rings is 1. The van der Waals surface area contributed by atoms with Gasteiger partial charge in [0.15, 0.2) is 0 Å². The standard InChI is InChI=1S/C22H24N2O4/c1-2-27-22(26)17-12-16-19(25)15-10-9-14(8-7-13-5-3-4-6-13)11-18(15)28-21(16)24-20(17)23/h9-13H,2-8H2,1H3,(H2,23,24). The number of nitrogen functional groups attached to an aromatic ring is 1. The van der Waals surface area contributed by atoms with Gasteiger partial charge in [0.25, 0.3) is 0 Å². The van der Waals surface area contributed by atoms with E-state index in [1.807, 2.05) is 12.1 Å². The molecule has 0 unspecified atom stereocenters. The number of anilines is 1. The van der Waals surface area contributed by atoms with E-state index in [1.165, 1.54) is 31.7 Å². The van der Waals surface area contributed by atoms with Crippen LogP contribution in [0.1, 0.15) is 54.9 Å². The Balaban J connectivity index is 1.72. The fraction of sp³-hybridized carbons (Fsp3) is 0.409. The lowest BCUT2D eigenvalue weighted by molar-refractivity contribution is 0.0527. The van der Waals surface area contributed by atoms with E-state index in [9.17, 15) is 9.59 Å². The molecule has 1 aromatic carbocycles. The molecule has 6 heteroatoms. The number of aromatic nitrogens is 1. The van der Waals surface area contributed by atoms with Crippen molar-refractivity contribution in [3.05, 3.63) is 45.6 Å². The molecule has 0 amide bonds. The number of esters is 1. The SMILES string of the molecule is CCOC(=O)c1cc2c(=O)c3ccc(CCC4CCCC4)cc3oc2nc1N. The van der Waals surface area contributed by atoms with Crippen LogP contribution in [0.25, 0.3) is 22.1 Å². The molecule has 0 atom stereocenters. The molecule has 0 saturated heterocycles. The van der Waals surface area contributed by atoms with Gasteiger partial charge in [0.2, 0.25) is 11.1 Å². The van der Waals surface area contributed by atoms with Crippen LogP contribution < -0.4 is 11.2 Å². The average molecular weight is 380 g/mol. The first-order valence-corrected chi connectivity index (χ1v) is 9.90. The third-order valence-corrected chi connectivity index (χ3v) is 5.57. The van der Waals surface area contributed by atoms with Crippen LogP contribution in [0.2, 0.25) is 0 Å². The van der Waals surface area contributed by atoms with Gasteiger partial charge in [-0.15, -0.1) is 0 Å². The number of fused-ring (bicyclic) bond motifs is 2. The normalized spacial score (nSPS) is 14.8. The van der Waals surface area contributed by atoms with Crippen LogP contribution in [0.5, 0.6) is 0 Å². The Kier molecular flexibility index (Phi) is 5.03. The van der Waals surface area contributed by atoms with Gasteiger partial charge in [-0.25, -0.2) is 4.79 Å². The van der Waals surface area contributed by atoms with Crippen molar-refractivity contribution in [2.75, 3.05) is 12.3 Å². The average Bonchev–Trinajstić information content (AvgIpc) is 3.19. The van der Waals surface area contributed by atoms with Crippen molar-refractivity contribution in [3.63, 3.8) is 0 Å². The van der Waals surface area contributed by atoms with Gasteiger partial charge in [0, 0.05) is 0 Å². The van der Waals surface area contributed by atoms with Crippen molar-refractivity contribution in [1.29, 1.82) is 0 Å². The van der Waals surface area contributed by atoms with Gasteiger partial charge in [0.05, 0.1) is 17.4 Å². The fourth-order valence-electron chi connectivity index (χ4n) is 4.04. The van der Waals surface area contributed by atoms with E-state index < -0.39 is 5.97 Å². The summed E-state index contributed by atoms with van der Waals surface area (Å²) in [6.07, 6.45) is 7.45. The highest BCUT2D eigenvalue weighted by Gasteiger charge is 2.18. The molecule has 1 aliphatic rings. The predicted octanol–water partition coefficient (Wildman–Crippen LogP) is 4.22. The van der Waals surface area contributed by atoms with Crippen LogP contribution in [0, 0.1) is 5.92 Å². The second-order valence-corrected chi connectivity index (χ2v) is 7.45. The summed E-state index contributed by atoms with van der Waals surface area (Å²) in [5.41, 5.74) is 7.52. The number of benzene rings is 1. The van der Waals surface area contributed by atoms with Crippen molar-refractivity contribution in [1.82, 2.24) is 4.98 Å². The highest BCUT2D eigenvalue weighted by Crippen LogP contribution is 2.29. The lowest BCUT2D eigenvalue weighted by Crippen LogP contribution is -2.12. The molecular weight excluding hydrogens is 356 g/mol. The van der Waals surface area contributed by atoms with Crippen LogP contribution in [0.3, 0.4) is 0 Å². The van der Waals surface area contributed by atoms with Gasteiger partial charge >= 0.3 is 5.97 Å². The van der Waals surface area contributed by atoms with E-state index >= 15 is 0 Å². The molecule has 2 aromatic heterocycles. The number of hydrogen-bond donors (Lipinski definition) is 1. The largest absolute Gasteiger partial charge is 0.462 e.